The summed E-state index contributed by atoms with van der Waals surface area (Å²) in [7, 11) is 1.65. The summed E-state index contributed by atoms with van der Waals surface area (Å²) >= 11 is 0. The molecule has 3 aromatic heterocycles. The molecule has 4 N–H and O–H groups in total. The van der Waals surface area contributed by atoms with Gasteiger partial charge < -0.3 is 30.9 Å². The first-order valence-corrected chi connectivity index (χ1v) is 13.2. The van der Waals surface area contributed by atoms with Gasteiger partial charge in [-0.2, -0.15) is 5.26 Å². The Morgan fingerprint density at radius 3 is 2.62 bits per heavy atom. The maximum absolute atomic E-state index is 12.2. The van der Waals surface area contributed by atoms with Gasteiger partial charge in [0.15, 0.2) is 0 Å². The van der Waals surface area contributed by atoms with Crippen LogP contribution in [0.25, 0.3) is 0 Å². The van der Waals surface area contributed by atoms with Gasteiger partial charge in [-0.1, -0.05) is 0 Å². The summed E-state index contributed by atoms with van der Waals surface area (Å²) in [5.74, 6) is 1.33. The molecule has 3 aromatic rings. The number of nitrogens with zero attached hydrogens (tertiary/aromatic N) is 6. The zero-order chi connectivity index (χ0) is 28.1. The number of nitriles is 1. The third kappa shape index (κ3) is 5.94. The highest BCUT2D eigenvalue weighted by molar-refractivity contribution is 5.98. The molecule has 2 aliphatic rings. The number of hydrogen-bond acceptors (Lipinski definition) is 10. The summed E-state index contributed by atoms with van der Waals surface area (Å²) in [6.07, 6.45) is 7.62. The van der Waals surface area contributed by atoms with E-state index >= 15 is 0 Å². The van der Waals surface area contributed by atoms with E-state index in [1.807, 2.05) is 12.1 Å². The van der Waals surface area contributed by atoms with Crippen LogP contribution >= 0.6 is 0 Å². The van der Waals surface area contributed by atoms with Gasteiger partial charge in [-0.25, -0.2) is 15.0 Å². The molecule has 0 saturated carbocycles. The molecular weight excluding hydrogens is 510 g/mol. The maximum atomic E-state index is 12.2. The van der Waals surface area contributed by atoms with Crippen LogP contribution in [-0.2, 0) is 9.53 Å². The van der Waals surface area contributed by atoms with Crippen molar-refractivity contribution in [2.24, 2.45) is 5.73 Å². The Labute approximate surface area is 232 Å². The van der Waals surface area contributed by atoms with E-state index in [2.05, 4.69) is 36.6 Å². The van der Waals surface area contributed by atoms with Crippen molar-refractivity contribution in [2.45, 2.75) is 37.8 Å². The average Bonchev–Trinajstić information content (AvgIpc) is 2.98. The first-order chi connectivity index (χ1) is 19.4. The number of pyridine rings is 3. The van der Waals surface area contributed by atoms with E-state index in [-0.39, 0.29) is 23.6 Å². The fourth-order valence-electron chi connectivity index (χ4n) is 5.04. The number of hydrogen-bond donors (Lipinski definition) is 3. The Morgan fingerprint density at radius 1 is 1.10 bits per heavy atom. The van der Waals surface area contributed by atoms with Gasteiger partial charge in [0.25, 0.3) is 5.91 Å². The van der Waals surface area contributed by atoms with Crippen LogP contribution in [0.1, 0.15) is 41.6 Å². The van der Waals surface area contributed by atoms with E-state index in [1.54, 1.807) is 42.6 Å². The van der Waals surface area contributed by atoms with Gasteiger partial charge in [0, 0.05) is 51.6 Å². The Morgan fingerprint density at radius 2 is 1.95 bits per heavy atom. The maximum Gasteiger partial charge on any atom is 0.252 e. The average molecular weight is 542 g/mol. The smallest absolute Gasteiger partial charge is 0.252 e. The predicted molar refractivity (Wildman–Crippen MR) is 150 cm³/mol. The minimum Gasteiger partial charge on any atom is -0.379 e. The number of nitrogens with one attached hydrogen (secondary N) is 2. The molecular formula is C28H31N9O3. The molecule has 0 spiro atoms. The minimum absolute atomic E-state index is 0.104. The first-order valence-electron chi connectivity index (χ1n) is 13.2. The van der Waals surface area contributed by atoms with Crippen LogP contribution in [0.5, 0.6) is 0 Å². The van der Waals surface area contributed by atoms with Crippen LogP contribution in [0.2, 0.25) is 0 Å². The Balaban J connectivity index is 1.29. The summed E-state index contributed by atoms with van der Waals surface area (Å²) in [5, 5.41) is 15.6. The topological polar surface area (TPSA) is 162 Å². The second kappa shape index (κ2) is 12.0. The van der Waals surface area contributed by atoms with E-state index in [1.165, 1.54) is 6.20 Å². The number of aromatic nitrogens is 3. The second-order valence-electron chi connectivity index (χ2n) is 9.79. The highest BCUT2D eigenvalue weighted by Crippen LogP contribution is 2.27. The summed E-state index contributed by atoms with van der Waals surface area (Å²) in [6.45, 7) is 1.98. The standard InChI is InChI=1S/C28H31N9O3/c1-40-23-17-36(26-8-5-18(13-29)14-33-26)11-9-21(23)34-22-12-25(32-16-20(22)28(30)39)35-24-7-6-19(15-31-24)37-10-3-2-4-27(37)38/h5-8,12,14-16,21,23H,2-4,9-11,17H2,1H3,(H2,30,39)(H2,31,32,34,35)/t21-,23+/m1/s1. The van der Waals surface area contributed by atoms with E-state index in [4.69, 9.17) is 15.7 Å². The number of rotatable bonds is 8. The monoisotopic (exact) mass is 541 g/mol. The van der Waals surface area contributed by atoms with Crippen molar-refractivity contribution in [3.05, 3.63) is 60.0 Å². The predicted octanol–water partition coefficient (Wildman–Crippen LogP) is 2.81. The highest BCUT2D eigenvalue weighted by Gasteiger charge is 2.31. The molecule has 0 aliphatic carbocycles. The van der Waals surface area contributed by atoms with Crippen LogP contribution in [0.15, 0.2) is 48.9 Å². The Bertz CT molecular complexity index is 1410. The number of carbonyl (C=O) groups is 2. The van der Waals surface area contributed by atoms with Crippen LogP contribution in [0.4, 0.5) is 28.8 Å². The van der Waals surface area contributed by atoms with Gasteiger partial charge in [0.1, 0.15) is 23.5 Å². The van der Waals surface area contributed by atoms with Gasteiger partial charge >= 0.3 is 0 Å². The molecule has 2 aliphatic heterocycles. The summed E-state index contributed by atoms with van der Waals surface area (Å²) < 4.78 is 5.80. The van der Waals surface area contributed by atoms with E-state index in [0.29, 0.717) is 55.4 Å². The number of nitrogens with two attached hydrogens (primary N) is 1. The molecule has 2 atom stereocenters. The molecule has 5 rings (SSSR count). The molecule has 12 heteroatoms. The fourth-order valence-corrected chi connectivity index (χ4v) is 5.04. The number of amides is 2. The third-order valence-electron chi connectivity index (χ3n) is 7.21. The highest BCUT2D eigenvalue weighted by atomic mass is 16.5. The third-order valence-corrected chi connectivity index (χ3v) is 7.21. The van der Waals surface area contributed by atoms with Crippen LogP contribution in [-0.4, -0.2) is 65.7 Å². The molecule has 0 bridgehead atoms. The lowest BCUT2D eigenvalue weighted by molar-refractivity contribution is -0.119. The van der Waals surface area contributed by atoms with Crippen molar-refractivity contribution in [1.82, 2.24) is 15.0 Å². The zero-order valence-corrected chi connectivity index (χ0v) is 22.2. The van der Waals surface area contributed by atoms with Gasteiger partial charge in [0.05, 0.1) is 40.8 Å². The van der Waals surface area contributed by atoms with Crippen LogP contribution < -0.4 is 26.2 Å². The number of primary amides is 1. The van der Waals surface area contributed by atoms with Gasteiger partial charge in [-0.15, -0.1) is 0 Å². The summed E-state index contributed by atoms with van der Waals surface area (Å²) in [4.78, 5) is 41.5. The Hall–Kier alpha value is -4.76. The molecule has 2 amide bonds. The zero-order valence-electron chi connectivity index (χ0n) is 22.2. The molecule has 0 radical (unpaired) electrons. The molecule has 2 fully saturated rings. The second-order valence-corrected chi connectivity index (χ2v) is 9.79. The Kier molecular flexibility index (Phi) is 8.02. The number of methoxy groups -OCH3 is 1. The van der Waals surface area contributed by atoms with Gasteiger partial charge in [0.2, 0.25) is 5.91 Å². The van der Waals surface area contributed by atoms with Crippen LogP contribution in [0, 0.1) is 11.3 Å². The summed E-state index contributed by atoms with van der Waals surface area (Å²) in [5.41, 5.74) is 7.74. The van der Waals surface area contributed by atoms with Gasteiger partial charge in [-0.3, -0.25) is 9.59 Å². The number of carbonyl (C=O) groups excluding carboxylic acids is 2. The number of anilines is 5. The van der Waals surface area contributed by atoms with E-state index < -0.39 is 5.91 Å². The normalized spacial score (nSPS) is 19.1. The van der Waals surface area contributed by atoms with Crippen molar-refractivity contribution >= 4 is 40.6 Å². The molecule has 5 heterocycles. The van der Waals surface area contributed by atoms with E-state index in [0.717, 1.165) is 24.3 Å². The van der Waals surface area contributed by atoms with Crippen molar-refractivity contribution in [3.63, 3.8) is 0 Å². The van der Waals surface area contributed by atoms with Crippen molar-refractivity contribution in [3.8, 4) is 6.07 Å². The van der Waals surface area contributed by atoms with Crippen molar-refractivity contribution in [1.29, 1.82) is 5.26 Å². The minimum atomic E-state index is -0.594. The number of ether oxygens (including phenoxy) is 1. The lowest BCUT2D eigenvalue weighted by Crippen LogP contribution is -2.51. The lowest BCUT2D eigenvalue weighted by atomic mass is 10.0. The SMILES string of the molecule is CO[C@H]1CN(c2ccc(C#N)cn2)CC[C@H]1Nc1cc(Nc2ccc(N3CCCCC3=O)cn2)ncc1C(N)=O. The molecule has 2 saturated heterocycles. The molecule has 12 nitrogen and oxygen atoms in total. The van der Waals surface area contributed by atoms with Crippen LogP contribution in [0.3, 0.4) is 0 Å². The number of piperidine rings is 2. The fraction of sp³-hybridized carbons (Fsp3) is 0.357. The molecule has 0 unspecified atom stereocenters. The largest absolute Gasteiger partial charge is 0.379 e. The first kappa shape index (κ1) is 26.8. The quantitative estimate of drug-likeness (QED) is 0.386. The molecule has 0 aromatic carbocycles. The van der Waals surface area contributed by atoms with Gasteiger partial charge in [-0.05, 0) is 43.5 Å². The van der Waals surface area contributed by atoms with E-state index in [9.17, 15) is 9.59 Å². The van der Waals surface area contributed by atoms with Crippen molar-refractivity contribution in [2.75, 3.05) is 47.2 Å². The van der Waals surface area contributed by atoms with Crippen molar-refractivity contribution < 1.29 is 14.3 Å². The lowest BCUT2D eigenvalue weighted by Gasteiger charge is -2.39. The molecule has 206 valence electrons. The molecule has 40 heavy (non-hydrogen) atoms. The summed E-state index contributed by atoms with van der Waals surface area (Å²) in [6, 6.07) is 10.9.